The predicted molar refractivity (Wildman–Crippen MR) is 60.5 cm³/mol. The fourth-order valence-electron chi connectivity index (χ4n) is 1.12. The van der Waals surface area contributed by atoms with Crippen LogP contribution in [0.15, 0.2) is 0 Å². The van der Waals surface area contributed by atoms with E-state index in [2.05, 4.69) is 10.6 Å². The summed E-state index contributed by atoms with van der Waals surface area (Å²) in [6, 6.07) is -0.109. The van der Waals surface area contributed by atoms with E-state index in [1.165, 1.54) is 0 Å². The summed E-state index contributed by atoms with van der Waals surface area (Å²) in [6.07, 6.45) is 1.15. The number of carbonyl (C=O) groups is 1. The third-order valence-electron chi connectivity index (χ3n) is 1.63. The van der Waals surface area contributed by atoms with Crippen molar-refractivity contribution in [2.75, 3.05) is 18.6 Å². The first-order chi connectivity index (χ1) is 6.70. The van der Waals surface area contributed by atoms with E-state index < -0.39 is 9.84 Å². The fraction of sp³-hybridized carbons (Fsp3) is 0.889. The minimum absolute atomic E-state index is 0.0274. The highest BCUT2D eigenvalue weighted by Gasteiger charge is 2.12. The van der Waals surface area contributed by atoms with Crippen LogP contribution in [0.1, 0.15) is 20.8 Å². The molecule has 0 aliphatic carbocycles. The van der Waals surface area contributed by atoms with Crippen molar-refractivity contribution in [1.29, 1.82) is 0 Å². The lowest BCUT2D eigenvalue weighted by Crippen LogP contribution is -2.43. The normalized spacial score (nSPS) is 13.9. The summed E-state index contributed by atoms with van der Waals surface area (Å²) in [6.45, 7) is 5.76. The van der Waals surface area contributed by atoms with Crippen molar-refractivity contribution in [3.63, 3.8) is 0 Å². The molecule has 6 heteroatoms. The summed E-state index contributed by atoms with van der Waals surface area (Å²) in [7, 11) is -3.04. The van der Waals surface area contributed by atoms with E-state index in [9.17, 15) is 13.2 Å². The van der Waals surface area contributed by atoms with Crippen LogP contribution in [0.25, 0.3) is 0 Å². The summed E-state index contributed by atoms with van der Waals surface area (Å²) >= 11 is 0. The largest absolute Gasteiger partial charge is 0.352 e. The minimum Gasteiger partial charge on any atom is -0.352 e. The number of nitrogens with one attached hydrogen (secondary N) is 2. The Balaban J connectivity index is 3.87. The zero-order valence-electron chi connectivity index (χ0n) is 9.70. The van der Waals surface area contributed by atoms with Gasteiger partial charge in [-0.05, 0) is 6.92 Å². The molecule has 1 atom stereocenters. The van der Waals surface area contributed by atoms with Crippen LogP contribution in [0, 0.1) is 0 Å². The Morgan fingerprint density at radius 3 is 2.20 bits per heavy atom. The second-order valence-electron chi connectivity index (χ2n) is 4.10. The Labute approximate surface area is 91.5 Å². The molecule has 0 fully saturated rings. The molecule has 0 radical (unpaired) electrons. The smallest absolute Gasteiger partial charge is 0.234 e. The summed E-state index contributed by atoms with van der Waals surface area (Å²) in [5.74, 6) is -0.208. The second kappa shape index (κ2) is 6.07. The molecule has 0 saturated heterocycles. The molecule has 0 bridgehead atoms. The summed E-state index contributed by atoms with van der Waals surface area (Å²) in [4.78, 5) is 11.3. The summed E-state index contributed by atoms with van der Waals surface area (Å²) < 4.78 is 21.8. The van der Waals surface area contributed by atoms with E-state index in [1.807, 2.05) is 13.8 Å². The average Bonchev–Trinajstić information content (AvgIpc) is 1.96. The van der Waals surface area contributed by atoms with Gasteiger partial charge < -0.3 is 10.6 Å². The second-order valence-corrected chi connectivity index (χ2v) is 6.28. The number of rotatable bonds is 6. The Bertz CT molecular complexity index is 298. The van der Waals surface area contributed by atoms with Crippen molar-refractivity contribution in [3.8, 4) is 0 Å². The van der Waals surface area contributed by atoms with Crippen LogP contribution in [-0.2, 0) is 14.6 Å². The van der Waals surface area contributed by atoms with Gasteiger partial charge in [0.15, 0.2) is 0 Å². The van der Waals surface area contributed by atoms with E-state index in [-0.39, 0.29) is 30.3 Å². The van der Waals surface area contributed by atoms with E-state index in [1.54, 1.807) is 6.92 Å². The average molecular weight is 236 g/mol. The van der Waals surface area contributed by atoms with Gasteiger partial charge in [0.25, 0.3) is 0 Å². The number of amides is 1. The van der Waals surface area contributed by atoms with Gasteiger partial charge in [-0.25, -0.2) is 8.42 Å². The van der Waals surface area contributed by atoms with Crippen molar-refractivity contribution >= 4 is 15.7 Å². The molecule has 0 aromatic heterocycles. The first-order valence-electron chi connectivity index (χ1n) is 4.91. The van der Waals surface area contributed by atoms with Crippen molar-refractivity contribution in [1.82, 2.24) is 10.6 Å². The van der Waals surface area contributed by atoms with Crippen LogP contribution < -0.4 is 10.6 Å². The molecule has 5 nitrogen and oxygen atoms in total. The van der Waals surface area contributed by atoms with Crippen molar-refractivity contribution in [2.24, 2.45) is 0 Å². The summed E-state index contributed by atoms with van der Waals surface area (Å²) in [5.41, 5.74) is 0. The SMILES string of the molecule is CC(C)NCC(=O)NC(C)CS(C)(=O)=O. The highest BCUT2D eigenvalue weighted by molar-refractivity contribution is 7.90. The van der Waals surface area contributed by atoms with Gasteiger partial charge in [-0.3, -0.25) is 4.79 Å². The van der Waals surface area contributed by atoms with Crippen LogP contribution in [-0.4, -0.2) is 45.0 Å². The number of hydrogen-bond acceptors (Lipinski definition) is 4. The lowest BCUT2D eigenvalue weighted by Gasteiger charge is -2.14. The molecule has 0 aromatic rings. The Morgan fingerprint density at radius 2 is 1.80 bits per heavy atom. The number of sulfone groups is 1. The highest BCUT2D eigenvalue weighted by atomic mass is 32.2. The van der Waals surface area contributed by atoms with Crippen LogP contribution in [0.5, 0.6) is 0 Å². The first kappa shape index (κ1) is 14.4. The summed E-state index contributed by atoms with van der Waals surface area (Å²) in [5, 5.41) is 5.56. The maximum Gasteiger partial charge on any atom is 0.234 e. The number of hydrogen-bond donors (Lipinski definition) is 2. The van der Waals surface area contributed by atoms with E-state index in [0.717, 1.165) is 6.26 Å². The van der Waals surface area contributed by atoms with Crippen LogP contribution >= 0.6 is 0 Å². The third-order valence-corrected chi connectivity index (χ3v) is 2.74. The monoisotopic (exact) mass is 236 g/mol. The molecule has 0 spiro atoms. The van der Waals surface area contributed by atoms with Gasteiger partial charge in [0.2, 0.25) is 5.91 Å². The highest BCUT2D eigenvalue weighted by Crippen LogP contribution is 1.89. The van der Waals surface area contributed by atoms with Crippen LogP contribution in [0.4, 0.5) is 0 Å². The zero-order chi connectivity index (χ0) is 12.1. The molecule has 0 rings (SSSR count). The Kier molecular flexibility index (Phi) is 5.82. The third kappa shape index (κ3) is 9.68. The van der Waals surface area contributed by atoms with Crippen molar-refractivity contribution < 1.29 is 13.2 Å². The zero-order valence-corrected chi connectivity index (χ0v) is 10.5. The van der Waals surface area contributed by atoms with Gasteiger partial charge in [0, 0.05) is 18.3 Å². The first-order valence-corrected chi connectivity index (χ1v) is 6.97. The van der Waals surface area contributed by atoms with Crippen LogP contribution in [0.2, 0.25) is 0 Å². The predicted octanol–water partition coefficient (Wildman–Crippen LogP) is -0.466. The standard InChI is InChI=1S/C9H20N2O3S/c1-7(2)10-5-9(12)11-8(3)6-15(4,13)14/h7-8,10H,5-6H2,1-4H3,(H,11,12). The molecule has 0 aliphatic rings. The number of carbonyl (C=O) groups excluding carboxylic acids is 1. The van der Waals surface area contributed by atoms with Gasteiger partial charge in [-0.2, -0.15) is 0 Å². The van der Waals surface area contributed by atoms with Gasteiger partial charge in [-0.15, -0.1) is 0 Å². The lowest BCUT2D eigenvalue weighted by molar-refractivity contribution is -0.120. The molecule has 0 aromatic carbocycles. The molecule has 0 saturated carbocycles. The Morgan fingerprint density at radius 1 is 1.27 bits per heavy atom. The maximum absolute atomic E-state index is 11.3. The van der Waals surface area contributed by atoms with E-state index in [4.69, 9.17) is 0 Å². The lowest BCUT2D eigenvalue weighted by atomic mass is 10.3. The molecule has 15 heavy (non-hydrogen) atoms. The molecule has 0 heterocycles. The molecular formula is C9H20N2O3S. The van der Waals surface area contributed by atoms with E-state index >= 15 is 0 Å². The molecule has 90 valence electrons. The topological polar surface area (TPSA) is 75.3 Å². The van der Waals surface area contributed by atoms with Crippen LogP contribution in [0.3, 0.4) is 0 Å². The van der Waals surface area contributed by atoms with Gasteiger partial charge in [0.05, 0.1) is 12.3 Å². The van der Waals surface area contributed by atoms with E-state index in [0.29, 0.717) is 0 Å². The fourth-order valence-corrected chi connectivity index (χ4v) is 2.11. The molecule has 0 aliphatic heterocycles. The maximum atomic E-state index is 11.3. The van der Waals surface area contributed by atoms with Gasteiger partial charge in [-0.1, -0.05) is 13.8 Å². The molecular weight excluding hydrogens is 216 g/mol. The molecule has 2 N–H and O–H groups in total. The Hall–Kier alpha value is -0.620. The molecule has 1 amide bonds. The molecule has 1 unspecified atom stereocenters. The van der Waals surface area contributed by atoms with Gasteiger partial charge in [0.1, 0.15) is 9.84 Å². The quantitative estimate of drug-likeness (QED) is 0.654. The minimum atomic E-state index is -3.04. The van der Waals surface area contributed by atoms with Crippen molar-refractivity contribution in [3.05, 3.63) is 0 Å². The van der Waals surface area contributed by atoms with Gasteiger partial charge >= 0.3 is 0 Å². The van der Waals surface area contributed by atoms with Crippen molar-refractivity contribution in [2.45, 2.75) is 32.9 Å².